The van der Waals surface area contributed by atoms with Crippen molar-refractivity contribution in [2.24, 2.45) is 4.99 Å². The highest BCUT2D eigenvalue weighted by Gasteiger charge is 2.43. The Bertz CT molecular complexity index is 950. The van der Waals surface area contributed by atoms with Gasteiger partial charge < -0.3 is 10.2 Å². The molecule has 7 heteroatoms. The van der Waals surface area contributed by atoms with Crippen LogP contribution in [0.3, 0.4) is 0 Å². The lowest BCUT2D eigenvalue weighted by Gasteiger charge is -2.37. The van der Waals surface area contributed by atoms with Gasteiger partial charge in [-0.15, -0.1) is 0 Å². The number of hydrogen-bond donors (Lipinski definition) is 1. The van der Waals surface area contributed by atoms with E-state index in [1.807, 2.05) is 0 Å². The number of likely N-dealkylation sites (tertiary alicyclic amines) is 1. The number of benzene rings is 2. The minimum Gasteiger partial charge on any atom is -0.338 e. The molecule has 4 rings (SSSR count). The van der Waals surface area contributed by atoms with E-state index < -0.39 is 17.3 Å². The van der Waals surface area contributed by atoms with Crippen molar-refractivity contribution in [3.8, 4) is 0 Å². The summed E-state index contributed by atoms with van der Waals surface area (Å²) in [6.45, 7) is 0.681. The van der Waals surface area contributed by atoms with Gasteiger partial charge in [0, 0.05) is 31.5 Å². The predicted molar refractivity (Wildman–Crippen MR) is 95.3 cm³/mol. The van der Waals surface area contributed by atoms with Gasteiger partial charge in [-0.05, 0) is 24.3 Å². The van der Waals surface area contributed by atoms with Gasteiger partial charge in [0.2, 0.25) is 0 Å². The number of aliphatic imine (C=N–C) groups is 1. The van der Waals surface area contributed by atoms with E-state index in [2.05, 4.69) is 10.3 Å². The molecule has 2 aromatic carbocycles. The van der Waals surface area contributed by atoms with Crippen molar-refractivity contribution in [2.75, 3.05) is 13.1 Å². The van der Waals surface area contributed by atoms with E-state index in [-0.39, 0.29) is 23.1 Å². The Morgan fingerprint density at radius 2 is 1.81 bits per heavy atom. The number of nitrogens with zero attached hydrogens (tertiary/aromatic N) is 2. The molecule has 0 aromatic heterocycles. The SMILES string of the molecule is O=C1NC2(CCN(C(=O)c3ccccc3F)CC2)N=C1c1cccc(F)c1. The third-order valence-electron chi connectivity index (χ3n) is 4.97. The number of carbonyl (C=O) groups excluding carboxylic acids is 2. The van der Waals surface area contributed by atoms with Crippen LogP contribution in [0.4, 0.5) is 8.78 Å². The van der Waals surface area contributed by atoms with Crippen LogP contribution < -0.4 is 5.32 Å². The second-order valence-corrected chi connectivity index (χ2v) is 6.73. The molecule has 0 aliphatic carbocycles. The van der Waals surface area contributed by atoms with Gasteiger partial charge in [-0.1, -0.05) is 24.3 Å². The Morgan fingerprint density at radius 3 is 2.52 bits per heavy atom. The summed E-state index contributed by atoms with van der Waals surface area (Å²) in [5.74, 6) is -1.71. The fourth-order valence-electron chi connectivity index (χ4n) is 3.52. The zero-order valence-corrected chi connectivity index (χ0v) is 14.4. The summed E-state index contributed by atoms with van der Waals surface area (Å²) in [5, 5.41) is 2.87. The predicted octanol–water partition coefficient (Wildman–Crippen LogP) is 2.52. The summed E-state index contributed by atoms with van der Waals surface area (Å²) in [7, 11) is 0. The first kappa shape index (κ1) is 17.3. The van der Waals surface area contributed by atoms with Crippen molar-refractivity contribution in [2.45, 2.75) is 18.5 Å². The third-order valence-corrected chi connectivity index (χ3v) is 4.97. The zero-order chi connectivity index (χ0) is 19.0. The maximum Gasteiger partial charge on any atom is 0.272 e. The monoisotopic (exact) mass is 369 g/mol. The van der Waals surface area contributed by atoms with Crippen LogP contribution in [0.1, 0.15) is 28.8 Å². The fraction of sp³-hybridized carbons (Fsp3) is 0.250. The molecule has 2 amide bonds. The second kappa shape index (κ2) is 6.57. The molecular weight excluding hydrogens is 352 g/mol. The molecule has 1 fully saturated rings. The van der Waals surface area contributed by atoms with Crippen LogP contribution in [0.5, 0.6) is 0 Å². The summed E-state index contributed by atoms with van der Waals surface area (Å²) in [5.41, 5.74) is -0.143. The van der Waals surface area contributed by atoms with Crippen molar-refractivity contribution in [3.63, 3.8) is 0 Å². The van der Waals surface area contributed by atoms with E-state index in [4.69, 9.17) is 0 Å². The third kappa shape index (κ3) is 3.20. The van der Waals surface area contributed by atoms with Gasteiger partial charge >= 0.3 is 0 Å². The van der Waals surface area contributed by atoms with Crippen LogP contribution in [0.2, 0.25) is 0 Å². The molecule has 0 bridgehead atoms. The van der Waals surface area contributed by atoms with Gasteiger partial charge in [0.1, 0.15) is 23.0 Å². The van der Waals surface area contributed by atoms with Gasteiger partial charge in [-0.2, -0.15) is 0 Å². The fourth-order valence-corrected chi connectivity index (χ4v) is 3.52. The van der Waals surface area contributed by atoms with Crippen LogP contribution in [0.15, 0.2) is 53.5 Å². The normalized spacial score (nSPS) is 18.4. The largest absolute Gasteiger partial charge is 0.338 e. The van der Waals surface area contributed by atoms with E-state index in [9.17, 15) is 18.4 Å². The van der Waals surface area contributed by atoms with Crippen LogP contribution in [-0.4, -0.2) is 41.2 Å². The maximum absolute atomic E-state index is 13.9. The number of hydrogen-bond acceptors (Lipinski definition) is 3. The minimum atomic E-state index is -0.801. The second-order valence-electron chi connectivity index (χ2n) is 6.73. The van der Waals surface area contributed by atoms with Crippen LogP contribution in [0, 0.1) is 11.6 Å². The molecule has 0 unspecified atom stereocenters. The van der Waals surface area contributed by atoms with Crippen LogP contribution in [-0.2, 0) is 4.79 Å². The van der Waals surface area contributed by atoms with Gasteiger partial charge in [0.25, 0.3) is 11.8 Å². The van der Waals surface area contributed by atoms with E-state index in [0.717, 1.165) is 0 Å². The summed E-state index contributed by atoms with van der Waals surface area (Å²) < 4.78 is 27.3. The first-order chi connectivity index (χ1) is 13.0. The summed E-state index contributed by atoms with van der Waals surface area (Å²) in [4.78, 5) is 31.0. The van der Waals surface area contributed by atoms with E-state index >= 15 is 0 Å². The number of piperidine rings is 1. The van der Waals surface area contributed by atoms with Crippen molar-refractivity contribution < 1.29 is 18.4 Å². The molecule has 0 saturated carbocycles. The van der Waals surface area contributed by atoms with Crippen LogP contribution >= 0.6 is 0 Å². The lowest BCUT2D eigenvalue weighted by molar-refractivity contribution is -0.115. The zero-order valence-electron chi connectivity index (χ0n) is 14.4. The number of carbonyl (C=O) groups is 2. The average Bonchev–Trinajstić information content (AvgIpc) is 2.98. The molecule has 0 radical (unpaired) electrons. The quantitative estimate of drug-likeness (QED) is 0.884. The highest BCUT2D eigenvalue weighted by molar-refractivity contribution is 6.46. The number of rotatable bonds is 2. The van der Waals surface area contributed by atoms with Crippen molar-refractivity contribution in [1.82, 2.24) is 10.2 Å². The molecule has 2 aliphatic rings. The molecule has 1 spiro atoms. The van der Waals surface area contributed by atoms with Crippen LogP contribution in [0.25, 0.3) is 0 Å². The minimum absolute atomic E-state index is 0.0351. The smallest absolute Gasteiger partial charge is 0.272 e. The number of halogens is 2. The average molecular weight is 369 g/mol. The molecule has 2 aliphatic heterocycles. The molecule has 138 valence electrons. The number of amides is 2. The van der Waals surface area contributed by atoms with Crippen molar-refractivity contribution >= 4 is 17.5 Å². The van der Waals surface area contributed by atoms with E-state index in [1.54, 1.807) is 17.0 Å². The van der Waals surface area contributed by atoms with Gasteiger partial charge in [-0.25, -0.2) is 8.78 Å². The molecule has 2 aromatic rings. The highest BCUT2D eigenvalue weighted by Crippen LogP contribution is 2.29. The van der Waals surface area contributed by atoms with E-state index in [0.29, 0.717) is 31.5 Å². The van der Waals surface area contributed by atoms with Crippen molar-refractivity contribution in [3.05, 3.63) is 71.3 Å². The Kier molecular flexibility index (Phi) is 4.22. The lowest BCUT2D eigenvalue weighted by Crippen LogP contribution is -2.52. The van der Waals surface area contributed by atoms with Gasteiger partial charge in [-0.3, -0.25) is 14.6 Å². The molecular formula is C20H17F2N3O2. The summed E-state index contributed by atoms with van der Waals surface area (Å²) >= 11 is 0. The Hall–Kier alpha value is -3.09. The standard InChI is InChI=1S/C20H17F2N3O2/c21-14-5-3-4-13(12-14)17-18(26)24-20(23-17)8-10-25(11-9-20)19(27)15-6-1-2-7-16(15)22/h1-7,12H,8-11H2,(H,24,26). The lowest BCUT2D eigenvalue weighted by atomic mass is 9.97. The summed E-state index contributed by atoms with van der Waals surface area (Å²) in [6.07, 6.45) is 0.829. The van der Waals surface area contributed by atoms with Gasteiger partial charge in [0.15, 0.2) is 0 Å². The molecule has 5 nitrogen and oxygen atoms in total. The molecule has 0 atom stereocenters. The maximum atomic E-state index is 13.9. The molecule has 2 heterocycles. The topological polar surface area (TPSA) is 61.8 Å². The summed E-state index contributed by atoms with van der Waals surface area (Å²) in [6, 6.07) is 11.6. The molecule has 1 N–H and O–H groups in total. The first-order valence-electron chi connectivity index (χ1n) is 8.70. The van der Waals surface area contributed by atoms with Crippen molar-refractivity contribution in [1.29, 1.82) is 0 Å². The Balaban J connectivity index is 1.51. The van der Waals surface area contributed by atoms with Gasteiger partial charge in [0.05, 0.1) is 5.56 Å². The first-order valence-corrected chi connectivity index (χ1v) is 8.70. The molecule has 27 heavy (non-hydrogen) atoms. The highest BCUT2D eigenvalue weighted by atomic mass is 19.1. The Labute approximate surface area is 154 Å². The van der Waals surface area contributed by atoms with E-state index in [1.165, 1.54) is 36.4 Å². The number of nitrogens with one attached hydrogen (secondary N) is 1. The Morgan fingerprint density at radius 1 is 1.07 bits per heavy atom. The molecule has 1 saturated heterocycles.